The second-order valence-electron chi connectivity index (χ2n) is 7.11. The molecule has 1 aromatic carbocycles. The van der Waals surface area contributed by atoms with Crippen molar-refractivity contribution in [1.82, 2.24) is 35.0 Å². The van der Waals surface area contributed by atoms with Gasteiger partial charge in [0, 0.05) is 31.0 Å². The monoisotopic (exact) mass is 428 g/mol. The normalized spacial score (nSPS) is 14.4. The molecule has 3 heterocycles. The zero-order chi connectivity index (χ0) is 20.6. The van der Waals surface area contributed by atoms with Crippen LogP contribution in [0.2, 0.25) is 0 Å². The van der Waals surface area contributed by atoms with Crippen LogP contribution in [0.1, 0.15) is 26.2 Å². The van der Waals surface area contributed by atoms with Gasteiger partial charge in [-0.1, -0.05) is 48.5 Å². The van der Waals surface area contributed by atoms with Crippen LogP contribution in [0.5, 0.6) is 0 Å². The lowest BCUT2D eigenvalue weighted by Gasteiger charge is -2.27. The van der Waals surface area contributed by atoms with Crippen LogP contribution in [0.25, 0.3) is 11.4 Å². The minimum atomic E-state index is 0.682. The number of benzene rings is 1. The van der Waals surface area contributed by atoms with Gasteiger partial charge < -0.3 is 9.64 Å². The van der Waals surface area contributed by atoms with Crippen molar-refractivity contribution in [2.75, 3.05) is 37.0 Å². The fourth-order valence-corrected chi connectivity index (χ4v) is 4.39. The Morgan fingerprint density at radius 1 is 1.00 bits per heavy atom. The van der Waals surface area contributed by atoms with E-state index in [1.54, 1.807) is 16.6 Å². The molecule has 0 radical (unpaired) electrons. The number of anilines is 1. The van der Waals surface area contributed by atoms with Gasteiger partial charge in [0.05, 0.1) is 19.8 Å². The lowest BCUT2D eigenvalue weighted by Crippen LogP contribution is -2.38. The summed E-state index contributed by atoms with van der Waals surface area (Å²) in [6.45, 7) is 7.09. The fraction of sp³-hybridized carbons (Fsp3) is 0.550. The molecule has 10 heteroatoms. The molecule has 0 amide bonds. The zero-order valence-corrected chi connectivity index (χ0v) is 18.2. The maximum atomic E-state index is 5.44. The van der Waals surface area contributed by atoms with E-state index in [4.69, 9.17) is 4.74 Å². The summed E-state index contributed by atoms with van der Waals surface area (Å²) < 4.78 is 7.65. The maximum Gasteiger partial charge on any atom is 0.228 e. The Bertz CT molecular complexity index is 907. The number of morpholine rings is 1. The Labute approximate surface area is 180 Å². The minimum absolute atomic E-state index is 0.682. The topological polar surface area (TPSA) is 86.8 Å². The summed E-state index contributed by atoms with van der Waals surface area (Å²) in [5.74, 6) is 2.68. The van der Waals surface area contributed by atoms with Gasteiger partial charge in [-0.15, -0.1) is 20.4 Å². The fourth-order valence-electron chi connectivity index (χ4n) is 3.40. The first-order chi connectivity index (χ1) is 14.8. The minimum Gasteiger partial charge on any atom is -0.378 e. The number of ether oxygens (including phenoxy) is 1. The predicted molar refractivity (Wildman–Crippen MR) is 117 cm³/mol. The van der Waals surface area contributed by atoms with Crippen molar-refractivity contribution in [2.45, 2.75) is 44.4 Å². The number of thioether (sulfide) groups is 1. The smallest absolute Gasteiger partial charge is 0.228 e. The first-order valence-corrected chi connectivity index (χ1v) is 11.6. The standard InChI is InChI=1S/C20H28N8OS/c1-2-27-19(26-12-14-29-15-13-26)22-23-20(27)30-16-8-4-7-11-28-24-18(21-25-28)17-9-5-3-6-10-17/h3,5-6,9-10H,2,4,7-8,11-16H2,1H3. The van der Waals surface area contributed by atoms with E-state index in [0.717, 1.165) is 81.1 Å². The molecule has 9 nitrogen and oxygen atoms in total. The lowest BCUT2D eigenvalue weighted by atomic mass is 10.2. The third-order valence-electron chi connectivity index (χ3n) is 5.03. The largest absolute Gasteiger partial charge is 0.378 e. The molecule has 3 aromatic rings. The van der Waals surface area contributed by atoms with Gasteiger partial charge >= 0.3 is 0 Å². The van der Waals surface area contributed by atoms with E-state index < -0.39 is 0 Å². The van der Waals surface area contributed by atoms with Gasteiger partial charge in [-0.25, -0.2) is 0 Å². The van der Waals surface area contributed by atoms with Crippen molar-refractivity contribution in [3.05, 3.63) is 30.3 Å². The molecule has 2 aromatic heterocycles. The lowest BCUT2D eigenvalue weighted by molar-refractivity contribution is 0.121. The van der Waals surface area contributed by atoms with Crippen LogP contribution in [-0.4, -0.2) is 67.0 Å². The summed E-state index contributed by atoms with van der Waals surface area (Å²) in [5.41, 5.74) is 0.997. The molecule has 1 aliphatic rings. The molecule has 1 fully saturated rings. The highest BCUT2D eigenvalue weighted by molar-refractivity contribution is 7.99. The number of nitrogens with zero attached hydrogens (tertiary/aromatic N) is 8. The molecule has 0 bridgehead atoms. The van der Waals surface area contributed by atoms with Crippen LogP contribution in [0, 0.1) is 0 Å². The van der Waals surface area contributed by atoms with Crippen LogP contribution in [0.4, 0.5) is 5.95 Å². The van der Waals surface area contributed by atoms with E-state index in [9.17, 15) is 0 Å². The van der Waals surface area contributed by atoms with Gasteiger partial charge in [-0.2, -0.15) is 4.80 Å². The first kappa shape index (κ1) is 20.8. The number of hydrogen-bond acceptors (Lipinski definition) is 8. The summed E-state index contributed by atoms with van der Waals surface area (Å²) in [6.07, 6.45) is 3.27. The summed E-state index contributed by atoms with van der Waals surface area (Å²) in [5, 5.41) is 22.6. The van der Waals surface area contributed by atoms with Crippen molar-refractivity contribution in [2.24, 2.45) is 0 Å². The quantitative estimate of drug-likeness (QED) is 0.360. The van der Waals surface area contributed by atoms with Crippen LogP contribution in [-0.2, 0) is 17.8 Å². The molecule has 0 aliphatic carbocycles. The average Bonchev–Trinajstić information content (AvgIpc) is 3.44. The van der Waals surface area contributed by atoms with Crippen LogP contribution < -0.4 is 4.90 Å². The second kappa shape index (κ2) is 10.5. The van der Waals surface area contributed by atoms with E-state index in [2.05, 4.69) is 42.0 Å². The molecule has 0 unspecified atom stereocenters. The Kier molecular flexibility index (Phi) is 7.30. The molecular formula is C20H28N8OS. The molecule has 160 valence electrons. The van der Waals surface area contributed by atoms with Gasteiger partial charge in [0.1, 0.15) is 0 Å². The SMILES string of the molecule is CCn1c(SCCCCCn2nnc(-c3ccccc3)n2)nnc1N1CCOCC1. The van der Waals surface area contributed by atoms with Crippen molar-refractivity contribution < 1.29 is 4.74 Å². The van der Waals surface area contributed by atoms with Gasteiger partial charge in [-0.05, 0) is 25.0 Å². The van der Waals surface area contributed by atoms with Gasteiger partial charge in [0.25, 0.3) is 0 Å². The Morgan fingerprint density at radius 2 is 1.83 bits per heavy atom. The van der Waals surface area contributed by atoms with E-state index in [-0.39, 0.29) is 0 Å². The summed E-state index contributed by atoms with van der Waals surface area (Å²) in [4.78, 5) is 3.96. The average molecular weight is 429 g/mol. The molecule has 30 heavy (non-hydrogen) atoms. The highest BCUT2D eigenvalue weighted by Crippen LogP contribution is 2.23. The number of unbranched alkanes of at least 4 members (excludes halogenated alkanes) is 2. The van der Waals surface area contributed by atoms with Crippen molar-refractivity contribution >= 4 is 17.7 Å². The van der Waals surface area contributed by atoms with E-state index in [0.29, 0.717) is 5.82 Å². The molecule has 0 spiro atoms. The van der Waals surface area contributed by atoms with Crippen LogP contribution >= 0.6 is 11.8 Å². The molecule has 0 N–H and O–H groups in total. The summed E-state index contributed by atoms with van der Waals surface area (Å²) in [7, 11) is 0. The molecule has 0 atom stereocenters. The highest BCUT2D eigenvalue weighted by Gasteiger charge is 2.19. The number of aryl methyl sites for hydroxylation is 1. The first-order valence-electron chi connectivity index (χ1n) is 10.6. The Hall–Kier alpha value is -2.46. The molecule has 1 saturated heterocycles. The van der Waals surface area contributed by atoms with Crippen LogP contribution in [0.3, 0.4) is 0 Å². The van der Waals surface area contributed by atoms with Crippen molar-refractivity contribution in [3.8, 4) is 11.4 Å². The van der Waals surface area contributed by atoms with Crippen LogP contribution in [0.15, 0.2) is 35.5 Å². The van der Waals surface area contributed by atoms with E-state index in [1.807, 2.05) is 30.3 Å². The summed E-state index contributed by atoms with van der Waals surface area (Å²) >= 11 is 1.79. The zero-order valence-electron chi connectivity index (χ0n) is 17.4. The van der Waals surface area contributed by atoms with E-state index >= 15 is 0 Å². The maximum absolute atomic E-state index is 5.44. The molecule has 0 saturated carbocycles. The van der Waals surface area contributed by atoms with Gasteiger partial charge in [-0.3, -0.25) is 4.57 Å². The number of hydrogen-bond donors (Lipinski definition) is 0. The molecular weight excluding hydrogens is 400 g/mol. The number of rotatable bonds is 10. The molecule has 4 rings (SSSR count). The van der Waals surface area contributed by atoms with Gasteiger partial charge in [0.15, 0.2) is 5.16 Å². The van der Waals surface area contributed by atoms with Crippen molar-refractivity contribution in [1.29, 1.82) is 0 Å². The molecule has 1 aliphatic heterocycles. The summed E-state index contributed by atoms with van der Waals surface area (Å²) in [6, 6.07) is 9.95. The second-order valence-corrected chi connectivity index (χ2v) is 8.17. The third kappa shape index (κ3) is 5.17. The number of tetrazole rings is 1. The highest BCUT2D eigenvalue weighted by atomic mass is 32.2. The Balaban J connectivity index is 1.19. The van der Waals surface area contributed by atoms with Crippen molar-refractivity contribution in [3.63, 3.8) is 0 Å². The third-order valence-corrected chi connectivity index (χ3v) is 6.08. The van der Waals surface area contributed by atoms with E-state index in [1.165, 1.54) is 0 Å². The number of aromatic nitrogens is 7. The predicted octanol–water partition coefficient (Wildman–Crippen LogP) is 2.75. The van der Waals surface area contributed by atoms with Gasteiger partial charge in [0.2, 0.25) is 11.8 Å². The Morgan fingerprint density at radius 3 is 2.63 bits per heavy atom.